The first kappa shape index (κ1) is 15.6. The number of nitro groups is 1. The van der Waals surface area contributed by atoms with Gasteiger partial charge in [0.2, 0.25) is 5.78 Å². The molecule has 0 radical (unpaired) electrons. The molecule has 0 spiro atoms. The molecule has 2 rings (SSSR count). The van der Waals surface area contributed by atoms with Gasteiger partial charge in [-0.15, -0.1) is 11.3 Å². The van der Waals surface area contributed by atoms with Crippen molar-refractivity contribution >= 4 is 34.5 Å². The van der Waals surface area contributed by atoms with E-state index in [0.717, 1.165) is 10.9 Å². The quantitative estimate of drug-likeness (QED) is 0.298. The number of nitrogens with two attached hydrogens (primary N) is 1. The Morgan fingerprint density at radius 1 is 1.32 bits per heavy atom. The topological polar surface area (TPSA) is 113 Å². The molecule has 2 N–H and O–H groups in total. The lowest BCUT2D eigenvalue weighted by molar-refractivity contribution is -0.383. The molecule has 0 aliphatic heterocycles. The van der Waals surface area contributed by atoms with Crippen molar-refractivity contribution < 1.29 is 19.2 Å². The van der Waals surface area contributed by atoms with Crippen LogP contribution in [0.3, 0.4) is 0 Å². The Bertz CT molecular complexity index is 753. The average Bonchev–Trinajstić information content (AvgIpc) is 2.91. The van der Waals surface area contributed by atoms with Crippen LogP contribution in [0.1, 0.15) is 24.9 Å². The van der Waals surface area contributed by atoms with Gasteiger partial charge in [0.15, 0.2) is 6.61 Å². The van der Waals surface area contributed by atoms with E-state index in [9.17, 15) is 19.7 Å². The van der Waals surface area contributed by atoms with E-state index >= 15 is 0 Å². The fourth-order valence-corrected chi connectivity index (χ4v) is 2.49. The molecule has 2 aromatic rings. The summed E-state index contributed by atoms with van der Waals surface area (Å²) < 4.78 is 4.88. The Balaban J connectivity index is 2.05. The summed E-state index contributed by atoms with van der Waals surface area (Å²) >= 11 is 1.30. The van der Waals surface area contributed by atoms with Crippen molar-refractivity contribution in [2.24, 2.45) is 0 Å². The van der Waals surface area contributed by atoms with Gasteiger partial charge < -0.3 is 10.5 Å². The Morgan fingerprint density at radius 2 is 2.05 bits per heavy atom. The summed E-state index contributed by atoms with van der Waals surface area (Å²) in [5, 5.41) is 10.8. The number of nitro benzene ring substituents is 1. The Labute approximate surface area is 129 Å². The zero-order valence-corrected chi connectivity index (χ0v) is 12.4. The minimum absolute atomic E-state index is 0.0314. The van der Waals surface area contributed by atoms with E-state index in [-0.39, 0.29) is 22.7 Å². The van der Waals surface area contributed by atoms with E-state index in [1.807, 2.05) is 6.92 Å². The minimum atomic E-state index is -0.815. The van der Waals surface area contributed by atoms with Crippen LogP contribution in [0.25, 0.3) is 0 Å². The van der Waals surface area contributed by atoms with E-state index in [1.165, 1.54) is 23.5 Å². The molecule has 0 fully saturated rings. The number of thiophene rings is 1. The van der Waals surface area contributed by atoms with Crippen molar-refractivity contribution in [3.63, 3.8) is 0 Å². The van der Waals surface area contributed by atoms with Crippen LogP contribution in [0.4, 0.5) is 11.4 Å². The fourth-order valence-electron chi connectivity index (χ4n) is 1.70. The van der Waals surface area contributed by atoms with Crippen LogP contribution < -0.4 is 5.73 Å². The smallest absolute Gasteiger partial charge is 0.338 e. The third-order valence-corrected chi connectivity index (χ3v) is 3.85. The van der Waals surface area contributed by atoms with Crippen LogP contribution in [0.2, 0.25) is 0 Å². The number of benzene rings is 1. The predicted octanol–water partition coefficient (Wildman–Crippen LogP) is 2.59. The van der Waals surface area contributed by atoms with Gasteiger partial charge in [0.25, 0.3) is 5.69 Å². The van der Waals surface area contributed by atoms with Gasteiger partial charge in [0.05, 0.1) is 15.4 Å². The number of nitrogen functional groups attached to an aromatic ring is 1. The highest BCUT2D eigenvalue weighted by molar-refractivity contribution is 7.14. The van der Waals surface area contributed by atoms with Gasteiger partial charge in [0, 0.05) is 10.9 Å². The molecule has 1 aromatic carbocycles. The van der Waals surface area contributed by atoms with E-state index in [4.69, 9.17) is 10.5 Å². The summed E-state index contributed by atoms with van der Waals surface area (Å²) in [5.41, 5.74) is 4.98. The van der Waals surface area contributed by atoms with Crippen LogP contribution in [0.5, 0.6) is 0 Å². The molecule has 22 heavy (non-hydrogen) atoms. The summed E-state index contributed by atoms with van der Waals surface area (Å²) in [6.07, 6.45) is 0. The second-order valence-corrected chi connectivity index (χ2v) is 5.73. The molecule has 8 heteroatoms. The molecule has 0 unspecified atom stereocenters. The first-order valence-corrected chi connectivity index (χ1v) is 7.01. The van der Waals surface area contributed by atoms with Crippen LogP contribution in [-0.4, -0.2) is 23.3 Å². The molecular formula is C14H12N2O5S. The lowest BCUT2D eigenvalue weighted by Gasteiger charge is -2.04. The number of hydrogen-bond acceptors (Lipinski definition) is 7. The maximum atomic E-state index is 11.8. The number of rotatable bonds is 5. The van der Waals surface area contributed by atoms with Gasteiger partial charge in [-0.25, -0.2) is 4.79 Å². The third-order valence-electron chi connectivity index (χ3n) is 2.81. The summed E-state index contributed by atoms with van der Waals surface area (Å²) in [6.45, 7) is 1.44. The monoisotopic (exact) mass is 320 g/mol. The molecule has 1 heterocycles. The first-order valence-electron chi connectivity index (χ1n) is 6.19. The van der Waals surface area contributed by atoms with Gasteiger partial charge in [-0.1, -0.05) is 0 Å². The number of hydrogen-bond donors (Lipinski definition) is 1. The highest BCUT2D eigenvalue weighted by atomic mass is 32.1. The molecular weight excluding hydrogens is 308 g/mol. The van der Waals surface area contributed by atoms with Crippen molar-refractivity contribution in [3.8, 4) is 0 Å². The number of carbonyl (C=O) groups is 2. The summed E-state index contributed by atoms with van der Waals surface area (Å²) in [4.78, 5) is 35.2. The van der Waals surface area contributed by atoms with Gasteiger partial charge in [0.1, 0.15) is 5.69 Å². The predicted molar refractivity (Wildman–Crippen MR) is 81.2 cm³/mol. The zero-order valence-electron chi connectivity index (χ0n) is 11.6. The van der Waals surface area contributed by atoms with E-state index < -0.39 is 17.5 Å². The Kier molecular flexibility index (Phi) is 4.52. The van der Waals surface area contributed by atoms with Gasteiger partial charge >= 0.3 is 5.97 Å². The molecule has 0 saturated heterocycles. The SMILES string of the molecule is Cc1ccc(C(=O)COC(=O)c2ccc(N)c([N+](=O)[O-])c2)s1. The first-order chi connectivity index (χ1) is 10.4. The number of Topliss-reactive ketones (excluding diaryl/α,β-unsaturated/α-hetero) is 1. The molecule has 0 aliphatic carbocycles. The molecule has 114 valence electrons. The normalized spacial score (nSPS) is 10.2. The van der Waals surface area contributed by atoms with Gasteiger partial charge in [-0.3, -0.25) is 14.9 Å². The molecule has 0 amide bonds. The second-order valence-electron chi connectivity index (χ2n) is 4.44. The van der Waals surface area contributed by atoms with Crippen molar-refractivity contribution in [2.45, 2.75) is 6.92 Å². The molecule has 1 aromatic heterocycles. The maximum Gasteiger partial charge on any atom is 0.338 e. The van der Waals surface area contributed by atoms with Crippen molar-refractivity contribution in [2.75, 3.05) is 12.3 Å². The average molecular weight is 320 g/mol. The molecule has 0 bridgehead atoms. The molecule has 0 aliphatic rings. The summed E-state index contributed by atoms with van der Waals surface area (Å²) in [7, 11) is 0. The van der Waals surface area contributed by atoms with Crippen LogP contribution in [0, 0.1) is 17.0 Å². The van der Waals surface area contributed by atoms with Crippen molar-refractivity contribution in [1.82, 2.24) is 0 Å². The van der Waals surface area contributed by atoms with Crippen LogP contribution in [0.15, 0.2) is 30.3 Å². The van der Waals surface area contributed by atoms with Crippen molar-refractivity contribution in [3.05, 3.63) is 55.8 Å². The molecule has 7 nitrogen and oxygen atoms in total. The lowest BCUT2D eigenvalue weighted by atomic mass is 10.2. The van der Waals surface area contributed by atoms with Crippen LogP contribution in [-0.2, 0) is 4.74 Å². The standard InChI is InChI=1S/C14H12N2O5S/c1-8-2-5-13(22-8)12(17)7-21-14(18)9-3-4-10(15)11(6-9)16(19)20/h2-6H,7,15H2,1H3. The van der Waals surface area contributed by atoms with Crippen molar-refractivity contribution in [1.29, 1.82) is 0 Å². The summed E-state index contributed by atoms with van der Waals surface area (Å²) in [5.74, 6) is -1.14. The van der Waals surface area contributed by atoms with E-state index in [2.05, 4.69) is 0 Å². The number of ether oxygens (including phenoxy) is 1. The van der Waals surface area contributed by atoms with Gasteiger partial charge in [-0.2, -0.15) is 0 Å². The third kappa shape index (κ3) is 3.47. The maximum absolute atomic E-state index is 11.8. The zero-order chi connectivity index (χ0) is 16.3. The molecule has 0 saturated carbocycles. The minimum Gasteiger partial charge on any atom is -0.454 e. The largest absolute Gasteiger partial charge is 0.454 e. The van der Waals surface area contributed by atoms with Crippen LogP contribution >= 0.6 is 11.3 Å². The second kappa shape index (κ2) is 6.35. The molecule has 0 atom stereocenters. The highest BCUT2D eigenvalue weighted by Gasteiger charge is 2.18. The fraction of sp³-hybridized carbons (Fsp3) is 0.143. The number of nitrogens with zero attached hydrogens (tertiary/aromatic N) is 1. The number of anilines is 1. The Hall–Kier alpha value is -2.74. The Morgan fingerprint density at radius 3 is 2.64 bits per heavy atom. The number of ketones is 1. The van der Waals surface area contributed by atoms with E-state index in [0.29, 0.717) is 4.88 Å². The number of esters is 1. The highest BCUT2D eigenvalue weighted by Crippen LogP contribution is 2.23. The number of carbonyl (C=O) groups excluding carboxylic acids is 2. The lowest BCUT2D eigenvalue weighted by Crippen LogP contribution is -2.13. The number of aryl methyl sites for hydroxylation is 1. The van der Waals surface area contributed by atoms with E-state index in [1.54, 1.807) is 12.1 Å². The summed E-state index contributed by atoms with van der Waals surface area (Å²) in [6, 6.07) is 7.04. The van der Waals surface area contributed by atoms with Gasteiger partial charge in [-0.05, 0) is 31.2 Å².